The fourth-order valence-corrected chi connectivity index (χ4v) is 7.46. The van der Waals surface area contributed by atoms with Crippen LogP contribution in [0, 0.1) is 29.1 Å². The third-order valence-electron chi connectivity index (χ3n) is 8.40. The SMILES string of the molecule is CCCCS(=O)(=O)NCC1C2CCC1CN(CCCC(Oc1ccc(OC)c(OC)c1)c1ccc(C#N)cc1)C2. The fraction of sp³-hybridized carbons (Fsp3) is 0.581. The molecule has 1 aliphatic heterocycles. The van der Waals surface area contributed by atoms with Gasteiger partial charge in [-0.3, -0.25) is 0 Å². The molecule has 9 heteroatoms. The van der Waals surface area contributed by atoms with Crippen LogP contribution in [0.5, 0.6) is 17.2 Å². The van der Waals surface area contributed by atoms with Gasteiger partial charge < -0.3 is 19.1 Å². The number of hydrogen-bond acceptors (Lipinski definition) is 7. The number of hydrogen-bond donors (Lipinski definition) is 1. The molecule has 1 N–H and O–H groups in total. The van der Waals surface area contributed by atoms with Crippen LogP contribution in [0.3, 0.4) is 0 Å². The summed E-state index contributed by atoms with van der Waals surface area (Å²) in [5.41, 5.74) is 1.66. The zero-order chi connectivity index (χ0) is 28.5. The number of nitriles is 1. The molecule has 218 valence electrons. The molecule has 1 saturated heterocycles. The summed E-state index contributed by atoms with van der Waals surface area (Å²) < 4.78 is 44.8. The van der Waals surface area contributed by atoms with E-state index in [0.717, 1.165) is 44.5 Å². The van der Waals surface area contributed by atoms with Gasteiger partial charge in [0, 0.05) is 25.7 Å². The lowest BCUT2D eigenvalue weighted by Crippen LogP contribution is -2.46. The second-order valence-corrected chi connectivity index (χ2v) is 13.0. The summed E-state index contributed by atoms with van der Waals surface area (Å²) in [5, 5.41) is 9.22. The average Bonchev–Trinajstić information content (AvgIpc) is 3.21. The minimum atomic E-state index is -3.17. The van der Waals surface area contributed by atoms with Crippen LogP contribution in [0.2, 0.25) is 0 Å². The number of ether oxygens (including phenoxy) is 3. The van der Waals surface area contributed by atoms with Crippen molar-refractivity contribution in [3.05, 3.63) is 53.6 Å². The third-order valence-corrected chi connectivity index (χ3v) is 9.83. The van der Waals surface area contributed by atoms with E-state index in [9.17, 15) is 13.7 Å². The van der Waals surface area contributed by atoms with Gasteiger partial charge in [0.2, 0.25) is 10.0 Å². The molecule has 8 nitrogen and oxygen atoms in total. The number of nitrogens with one attached hydrogen (secondary N) is 1. The van der Waals surface area contributed by atoms with Crippen molar-refractivity contribution < 1.29 is 22.6 Å². The maximum atomic E-state index is 12.3. The second-order valence-electron chi connectivity index (χ2n) is 11.0. The molecule has 2 aromatic rings. The van der Waals surface area contributed by atoms with Crippen molar-refractivity contribution in [3.8, 4) is 23.3 Å². The van der Waals surface area contributed by atoms with Crippen LogP contribution in [0.4, 0.5) is 0 Å². The lowest BCUT2D eigenvalue weighted by molar-refractivity contribution is 0.103. The quantitative estimate of drug-likeness (QED) is 0.316. The lowest BCUT2D eigenvalue weighted by Gasteiger charge is -2.38. The molecule has 1 saturated carbocycles. The van der Waals surface area contributed by atoms with Gasteiger partial charge in [-0.25, -0.2) is 13.1 Å². The van der Waals surface area contributed by atoms with Gasteiger partial charge in [0.1, 0.15) is 11.9 Å². The smallest absolute Gasteiger partial charge is 0.211 e. The van der Waals surface area contributed by atoms with E-state index >= 15 is 0 Å². The standard InChI is InChI=1S/C31H43N3O5S/c1-4-5-17-40(35,36)33-20-28-25-12-13-26(28)22-34(21-25)16-6-7-29(24-10-8-23(19-32)9-11-24)39-27-14-15-30(37-2)31(18-27)38-3/h8-11,14-15,18,25-26,28-29,33H,4-7,12-13,16-17,20-22H2,1-3H3. The number of nitrogens with zero attached hydrogens (tertiary/aromatic N) is 2. The summed E-state index contributed by atoms with van der Waals surface area (Å²) in [4.78, 5) is 2.55. The molecule has 0 spiro atoms. The molecule has 0 radical (unpaired) electrons. The molecule has 2 aromatic carbocycles. The van der Waals surface area contributed by atoms with E-state index in [4.69, 9.17) is 14.2 Å². The summed E-state index contributed by atoms with van der Waals surface area (Å²) in [6.07, 6.45) is 5.57. The maximum Gasteiger partial charge on any atom is 0.211 e. The Morgan fingerprint density at radius 2 is 1.73 bits per heavy atom. The van der Waals surface area contributed by atoms with Crippen molar-refractivity contribution in [2.24, 2.45) is 17.8 Å². The van der Waals surface area contributed by atoms with Crippen LogP contribution in [-0.2, 0) is 10.0 Å². The normalized spacial score (nSPS) is 21.5. The fourth-order valence-electron chi connectivity index (χ4n) is 6.20. The van der Waals surface area contributed by atoms with Crippen molar-refractivity contribution >= 4 is 10.0 Å². The van der Waals surface area contributed by atoms with Crippen molar-refractivity contribution in [2.45, 2.75) is 51.6 Å². The summed E-state index contributed by atoms with van der Waals surface area (Å²) in [5.74, 6) is 3.72. The minimum Gasteiger partial charge on any atom is -0.493 e. The van der Waals surface area contributed by atoms with E-state index < -0.39 is 10.0 Å². The number of fused-ring (bicyclic) bond motifs is 2. The highest BCUT2D eigenvalue weighted by atomic mass is 32.2. The first-order valence-electron chi connectivity index (χ1n) is 14.4. The molecule has 1 heterocycles. The number of rotatable bonds is 15. The van der Waals surface area contributed by atoms with Gasteiger partial charge in [0.15, 0.2) is 11.5 Å². The topological polar surface area (TPSA) is 101 Å². The molecular formula is C31H43N3O5S. The second kappa shape index (κ2) is 14.2. The van der Waals surface area contributed by atoms with Gasteiger partial charge in [0.25, 0.3) is 0 Å². The summed E-state index contributed by atoms with van der Waals surface area (Å²) in [6.45, 7) is 5.62. The van der Waals surface area contributed by atoms with Crippen LogP contribution < -0.4 is 18.9 Å². The minimum absolute atomic E-state index is 0.169. The Morgan fingerprint density at radius 3 is 2.35 bits per heavy atom. The van der Waals surface area contributed by atoms with Crippen molar-refractivity contribution in [1.29, 1.82) is 5.26 Å². The summed E-state index contributed by atoms with van der Waals surface area (Å²) in [6, 6.07) is 15.4. The number of benzene rings is 2. The Kier molecular flexibility index (Phi) is 10.7. The van der Waals surface area contributed by atoms with Crippen LogP contribution >= 0.6 is 0 Å². The first-order chi connectivity index (χ1) is 19.4. The van der Waals surface area contributed by atoms with Crippen LogP contribution in [0.25, 0.3) is 0 Å². The van der Waals surface area contributed by atoms with E-state index in [1.165, 1.54) is 12.8 Å². The van der Waals surface area contributed by atoms with E-state index in [1.54, 1.807) is 14.2 Å². The first kappa shape index (κ1) is 30.2. The van der Waals surface area contributed by atoms with Gasteiger partial charge in [-0.2, -0.15) is 5.26 Å². The predicted molar refractivity (Wildman–Crippen MR) is 156 cm³/mol. The zero-order valence-electron chi connectivity index (χ0n) is 24.0. The third kappa shape index (κ3) is 7.90. The highest BCUT2D eigenvalue weighted by molar-refractivity contribution is 7.89. The number of methoxy groups -OCH3 is 2. The maximum absolute atomic E-state index is 12.3. The van der Waals surface area contributed by atoms with Gasteiger partial charge in [-0.05, 0) is 86.2 Å². The molecular weight excluding hydrogens is 526 g/mol. The summed E-state index contributed by atoms with van der Waals surface area (Å²) in [7, 11) is 0.0439. The molecule has 3 atom stereocenters. The predicted octanol–water partition coefficient (Wildman–Crippen LogP) is 5.15. The Morgan fingerprint density at radius 1 is 1.02 bits per heavy atom. The van der Waals surface area contributed by atoms with Gasteiger partial charge in [-0.1, -0.05) is 25.5 Å². The Bertz CT molecular complexity index is 1230. The molecule has 4 rings (SSSR count). The largest absolute Gasteiger partial charge is 0.493 e. The molecule has 0 aromatic heterocycles. The van der Waals surface area contributed by atoms with Gasteiger partial charge in [0.05, 0.1) is 31.6 Å². The van der Waals surface area contributed by atoms with Crippen LogP contribution in [0.15, 0.2) is 42.5 Å². The first-order valence-corrected chi connectivity index (χ1v) is 16.1. The molecule has 2 aliphatic rings. The molecule has 0 amide bonds. The van der Waals surface area contributed by atoms with Crippen molar-refractivity contribution in [1.82, 2.24) is 9.62 Å². The average molecular weight is 570 g/mol. The van der Waals surface area contributed by atoms with E-state index in [2.05, 4.69) is 15.7 Å². The summed E-state index contributed by atoms with van der Waals surface area (Å²) >= 11 is 0. The number of likely N-dealkylation sites (tertiary alicyclic amines) is 1. The molecule has 2 fully saturated rings. The Balaban J connectivity index is 1.35. The van der Waals surface area contributed by atoms with Crippen LogP contribution in [0.1, 0.15) is 62.7 Å². The van der Waals surface area contributed by atoms with E-state index in [-0.39, 0.29) is 11.9 Å². The molecule has 1 aliphatic carbocycles. The van der Waals surface area contributed by atoms with Gasteiger partial charge >= 0.3 is 0 Å². The van der Waals surface area contributed by atoms with E-state index in [0.29, 0.717) is 53.5 Å². The van der Waals surface area contributed by atoms with Crippen LogP contribution in [-0.4, -0.2) is 59.5 Å². The monoisotopic (exact) mass is 569 g/mol. The Labute approximate surface area is 239 Å². The van der Waals surface area contributed by atoms with Crippen molar-refractivity contribution in [2.75, 3.05) is 46.2 Å². The lowest BCUT2D eigenvalue weighted by atomic mass is 9.85. The Hall–Kier alpha value is -2.80. The number of piperidine rings is 1. The van der Waals surface area contributed by atoms with Gasteiger partial charge in [-0.15, -0.1) is 0 Å². The van der Waals surface area contributed by atoms with Crippen molar-refractivity contribution in [3.63, 3.8) is 0 Å². The number of unbranched alkanes of at least 4 members (excludes halogenated alkanes) is 1. The number of sulfonamides is 1. The zero-order valence-corrected chi connectivity index (χ0v) is 24.8. The highest BCUT2D eigenvalue weighted by Gasteiger charge is 2.41. The highest BCUT2D eigenvalue weighted by Crippen LogP contribution is 2.42. The molecule has 40 heavy (non-hydrogen) atoms. The molecule has 3 unspecified atom stereocenters. The molecule has 2 bridgehead atoms. The van der Waals surface area contributed by atoms with E-state index in [1.807, 2.05) is 49.4 Å².